The topological polar surface area (TPSA) is 51.4 Å². The second-order valence-corrected chi connectivity index (χ2v) is 4.11. The predicted molar refractivity (Wildman–Crippen MR) is 68.1 cm³/mol. The van der Waals surface area contributed by atoms with Gasteiger partial charge < -0.3 is 15.4 Å². The highest BCUT2D eigenvalue weighted by atomic mass is 35.5. The van der Waals surface area contributed by atoms with Crippen molar-refractivity contribution in [3.05, 3.63) is 18.3 Å². The van der Waals surface area contributed by atoms with Crippen LogP contribution in [0.3, 0.4) is 0 Å². The van der Waals surface area contributed by atoms with Crippen molar-refractivity contribution in [3.8, 4) is 0 Å². The lowest BCUT2D eigenvalue weighted by molar-refractivity contribution is -0.00545. The maximum absolute atomic E-state index is 5.67. The van der Waals surface area contributed by atoms with Gasteiger partial charge in [0.2, 0.25) is 0 Å². The molecule has 2 atom stereocenters. The summed E-state index contributed by atoms with van der Waals surface area (Å²) in [6, 6.07) is 3.84. The maximum Gasteiger partial charge on any atom is 0.128 e. The normalized spacial score (nSPS) is 25.0. The van der Waals surface area contributed by atoms with E-state index in [0.717, 1.165) is 18.9 Å². The van der Waals surface area contributed by atoms with E-state index in [2.05, 4.69) is 23.7 Å². The number of ether oxygens (including phenoxy) is 1. The largest absolute Gasteiger partial charge is 0.397 e. The van der Waals surface area contributed by atoms with E-state index in [1.165, 1.54) is 0 Å². The summed E-state index contributed by atoms with van der Waals surface area (Å²) in [4.78, 5) is 6.55. The molecule has 0 spiro atoms. The fourth-order valence-electron chi connectivity index (χ4n) is 1.95. The molecule has 0 saturated carbocycles. The zero-order valence-electron chi connectivity index (χ0n) is 9.59. The number of nitrogens with zero attached hydrogens (tertiary/aromatic N) is 2. The highest BCUT2D eigenvalue weighted by Crippen LogP contribution is 2.18. The number of nitrogen functional groups attached to an aromatic ring is 1. The van der Waals surface area contributed by atoms with Crippen molar-refractivity contribution in [1.82, 2.24) is 4.98 Å². The van der Waals surface area contributed by atoms with E-state index >= 15 is 0 Å². The second-order valence-electron chi connectivity index (χ2n) is 4.11. The molecular formula is C11H18ClN3O. The Morgan fingerprint density at radius 2 is 1.94 bits per heavy atom. The minimum Gasteiger partial charge on any atom is -0.397 e. The molecule has 16 heavy (non-hydrogen) atoms. The first-order valence-corrected chi connectivity index (χ1v) is 5.27. The quantitative estimate of drug-likeness (QED) is 0.816. The Kier molecular flexibility index (Phi) is 4.38. The van der Waals surface area contributed by atoms with Gasteiger partial charge in [-0.15, -0.1) is 12.4 Å². The average Bonchev–Trinajstić information content (AvgIpc) is 2.17. The molecule has 1 aromatic heterocycles. The molecule has 5 heteroatoms. The molecule has 0 aromatic carbocycles. The highest BCUT2D eigenvalue weighted by Gasteiger charge is 2.22. The standard InChI is InChI=1S/C11H17N3O.ClH/c1-8-6-14(7-9(2)15-8)11-4-3-10(12)5-13-11;/h3-5,8-9H,6-7,12H2,1-2H3;1H/t8-,9+;. The molecule has 0 aliphatic carbocycles. The Hall–Kier alpha value is -1.00. The lowest BCUT2D eigenvalue weighted by atomic mass is 10.2. The number of aromatic nitrogens is 1. The minimum atomic E-state index is 0. The molecule has 1 saturated heterocycles. The van der Waals surface area contributed by atoms with E-state index in [9.17, 15) is 0 Å². The van der Waals surface area contributed by atoms with Crippen molar-refractivity contribution in [1.29, 1.82) is 0 Å². The van der Waals surface area contributed by atoms with Crippen molar-refractivity contribution in [3.63, 3.8) is 0 Å². The van der Waals surface area contributed by atoms with Crippen LogP contribution in [0, 0.1) is 0 Å². The van der Waals surface area contributed by atoms with Crippen molar-refractivity contribution in [2.45, 2.75) is 26.1 Å². The molecule has 0 bridgehead atoms. The SMILES string of the molecule is C[C@@H]1CN(c2ccc(N)cn2)C[C@H](C)O1.Cl. The summed E-state index contributed by atoms with van der Waals surface area (Å²) in [6.07, 6.45) is 2.21. The molecule has 1 aliphatic rings. The van der Waals surface area contributed by atoms with Gasteiger partial charge in [-0.25, -0.2) is 4.98 Å². The molecule has 2 N–H and O–H groups in total. The summed E-state index contributed by atoms with van der Waals surface area (Å²) in [5, 5.41) is 0. The van der Waals surface area contributed by atoms with E-state index in [0.29, 0.717) is 5.69 Å². The summed E-state index contributed by atoms with van der Waals surface area (Å²) >= 11 is 0. The fourth-order valence-corrected chi connectivity index (χ4v) is 1.95. The number of hydrogen-bond donors (Lipinski definition) is 1. The van der Waals surface area contributed by atoms with E-state index in [-0.39, 0.29) is 24.6 Å². The summed E-state index contributed by atoms with van der Waals surface area (Å²) in [5.41, 5.74) is 6.31. The summed E-state index contributed by atoms with van der Waals surface area (Å²) in [7, 11) is 0. The van der Waals surface area contributed by atoms with Crippen LogP contribution in [0.5, 0.6) is 0 Å². The van der Waals surface area contributed by atoms with Gasteiger partial charge in [0.15, 0.2) is 0 Å². The minimum absolute atomic E-state index is 0. The Balaban J connectivity index is 0.00000128. The number of anilines is 2. The number of nitrogens with two attached hydrogens (primary N) is 1. The zero-order chi connectivity index (χ0) is 10.8. The summed E-state index contributed by atoms with van der Waals surface area (Å²) in [5.74, 6) is 0.978. The van der Waals surface area contributed by atoms with Gasteiger partial charge in [0.1, 0.15) is 5.82 Å². The smallest absolute Gasteiger partial charge is 0.128 e. The van der Waals surface area contributed by atoms with Gasteiger partial charge in [0.25, 0.3) is 0 Å². The third-order valence-corrected chi connectivity index (χ3v) is 2.51. The highest BCUT2D eigenvalue weighted by molar-refractivity contribution is 5.85. The van der Waals surface area contributed by atoms with Gasteiger partial charge in [-0.05, 0) is 26.0 Å². The zero-order valence-corrected chi connectivity index (χ0v) is 10.4. The number of morpholine rings is 1. The van der Waals surface area contributed by atoms with Crippen molar-refractivity contribution in [2.24, 2.45) is 0 Å². The maximum atomic E-state index is 5.67. The van der Waals surface area contributed by atoms with Gasteiger partial charge in [-0.1, -0.05) is 0 Å². The van der Waals surface area contributed by atoms with Crippen LogP contribution < -0.4 is 10.6 Å². The number of halogens is 1. The molecule has 0 unspecified atom stereocenters. The van der Waals surface area contributed by atoms with Crippen molar-refractivity contribution < 1.29 is 4.74 Å². The average molecular weight is 244 g/mol. The number of hydrogen-bond acceptors (Lipinski definition) is 4. The molecule has 0 amide bonds. The lowest BCUT2D eigenvalue weighted by Gasteiger charge is -2.36. The number of rotatable bonds is 1. The second kappa shape index (κ2) is 5.37. The van der Waals surface area contributed by atoms with E-state index in [1.54, 1.807) is 6.20 Å². The molecule has 1 aliphatic heterocycles. The molecule has 1 aromatic rings. The molecule has 4 nitrogen and oxygen atoms in total. The van der Waals surface area contributed by atoms with Gasteiger partial charge in [-0.2, -0.15) is 0 Å². The van der Waals surface area contributed by atoms with Crippen LogP contribution in [0.25, 0.3) is 0 Å². The van der Waals surface area contributed by atoms with Crippen molar-refractivity contribution >= 4 is 23.9 Å². The van der Waals surface area contributed by atoms with Gasteiger partial charge in [0, 0.05) is 13.1 Å². The van der Waals surface area contributed by atoms with Crippen LogP contribution in [0.2, 0.25) is 0 Å². The van der Waals surface area contributed by atoms with Crippen LogP contribution in [0.1, 0.15) is 13.8 Å². The Morgan fingerprint density at radius 3 is 2.44 bits per heavy atom. The van der Waals surface area contributed by atoms with Crippen LogP contribution in [0.15, 0.2) is 18.3 Å². The van der Waals surface area contributed by atoms with E-state index < -0.39 is 0 Å². The van der Waals surface area contributed by atoms with Crippen LogP contribution in [-0.4, -0.2) is 30.3 Å². The Bertz CT molecular complexity index is 321. The lowest BCUT2D eigenvalue weighted by Crippen LogP contribution is -2.45. The molecular weight excluding hydrogens is 226 g/mol. The molecule has 1 fully saturated rings. The van der Waals surface area contributed by atoms with Crippen LogP contribution in [-0.2, 0) is 4.74 Å². The monoisotopic (exact) mass is 243 g/mol. The molecule has 0 radical (unpaired) electrons. The predicted octanol–water partition coefficient (Wildman–Crippen LogP) is 1.70. The summed E-state index contributed by atoms with van der Waals surface area (Å²) in [6.45, 7) is 5.95. The van der Waals surface area contributed by atoms with Crippen LogP contribution >= 0.6 is 12.4 Å². The first-order valence-electron chi connectivity index (χ1n) is 5.27. The van der Waals surface area contributed by atoms with Crippen LogP contribution in [0.4, 0.5) is 11.5 Å². The van der Waals surface area contributed by atoms with Gasteiger partial charge in [0.05, 0.1) is 24.1 Å². The first-order chi connectivity index (χ1) is 7.15. The fraction of sp³-hybridized carbons (Fsp3) is 0.545. The van der Waals surface area contributed by atoms with E-state index in [1.807, 2.05) is 12.1 Å². The van der Waals surface area contributed by atoms with Gasteiger partial charge >= 0.3 is 0 Å². The van der Waals surface area contributed by atoms with Crippen molar-refractivity contribution in [2.75, 3.05) is 23.7 Å². The first kappa shape index (κ1) is 13.1. The Morgan fingerprint density at radius 1 is 1.31 bits per heavy atom. The Labute approximate surface area is 102 Å². The van der Waals surface area contributed by atoms with Gasteiger partial charge in [-0.3, -0.25) is 0 Å². The third kappa shape index (κ3) is 3.00. The molecule has 2 rings (SSSR count). The summed E-state index contributed by atoms with van der Waals surface area (Å²) < 4.78 is 5.67. The molecule has 2 heterocycles. The molecule has 90 valence electrons. The third-order valence-electron chi connectivity index (χ3n) is 2.51. The van der Waals surface area contributed by atoms with E-state index in [4.69, 9.17) is 10.5 Å². The number of pyridine rings is 1.